The lowest BCUT2D eigenvalue weighted by atomic mass is 10.2. The molecule has 1 unspecified atom stereocenters. The zero-order valence-corrected chi connectivity index (χ0v) is 11.8. The summed E-state index contributed by atoms with van der Waals surface area (Å²) < 4.78 is 0. The molecule has 0 spiro atoms. The first-order valence-electron chi connectivity index (χ1n) is 5.04. The molecular formula is C9H7Cl3N6O. The first-order valence-corrected chi connectivity index (χ1v) is 6.17. The average molecular weight is 322 g/mol. The summed E-state index contributed by atoms with van der Waals surface area (Å²) in [6.45, 7) is 1.69. The predicted molar refractivity (Wildman–Crippen MR) is 69.3 cm³/mol. The van der Waals surface area contributed by atoms with E-state index >= 15 is 0 Å². The van der Waals surface area contributed by atoms with E-state index in [1.807, 2.05) is 0 Å². The van der Waals surface area contributed by atoms with Crippen molar-refractivity contribution in [2.45, 2.75) is 13.0 Å². The summed E-state index contributed by atoms with van der Waals surface area (Å²) in [6, 6.07) is -0.460. The quantitative estimate of drug-likeness (QED) is 0.902. The van der Waals surface area contributed by atoms with Crippen molar-refractivity contribution in [1.29, 1.82) is 0 Å². The largest absolute Gasteiger partial charge is 0.341 e. The normalized spacial score (nSPS) is 12.2. The molecule has 0 saturated carbocycles. The summed E-state index contributed by atoms with van der Waals surface area (Å²) in [5.74, 6) is -0.176. The van der Waals surface area contributed by atoms with Crippen LogP contribution in [-0.4, -0.2) is 31.5 Å². The number of hydrogen-bond acceptors (Lipinski definition) is 5. The summed E-state index contributed by atoms with van der Waals surface area (Å²) in [5.41, 5.74) is -0.0218. The van der Waals surface area contributed by atoms with E-state index in [4.69, 9.17) is 34.8 Å². The molecule has 0 fully saturated rings. The van der Waals surface area contributed by atoms with Gasteiger partial charge in [0.25, 0.3) is 5.91 Å². The van der Waals surface area contributed by atoms with Crippen LogP contribution in [0.3, 0.4) is 0 Å². The number of hydrogen-bond donors (Lipinski definition) is 2. The maximum atomic E-state index is 12.0. The molecule has 100 valence electrons. The SMILES string of the molecule is CC(NC(=O)c1ncc(Cl)c(Cl)c1Cl)c1nn[nH]n1. The minimum absolute atomic E-state index is 0.00743. The fourth-order valence-corrected chi connectivity index (χ4v) is 1.85. The van der Waals surface area contributed by atoms with E-state index in [-0.39, 0.29) is 20.8 Å². The van der Waals surface area contributed by atoms with E-state index in [1.54, 1.807) is 6.92 Å². The number of carbonyl (C=O) groups excluding carboxylic acids is 1. The molecule has 0 radical (unpaired) electrons. The molecule has 0 bridgehead atoms. The molecule has 0 aliphatic rings. The van der Waals surface area contributed by atoms with Crippen molar-refractivity contribution >= 4 is 40.7 Å². The number of tetrazole rings is 1. The number of nitrogens with zero attached hydrogens (tertiary/aromatic N) is 4. The predicted octanol–water partition coefficient (Wildman–Crippen LogP) is 2.05. The van der Waals surface area contributed by atoms with Crippen molar-refractivity contribution in [3.8, 4) is 0 Å². The van der Waals surface area contributed by atoms with Crippen LogP contribution in [0.4, 0.5) is 0 Å². The van der Waals surface area contributed by atoms with Gasteiger partial charge in [-0.2, -0.15) is 5.21 Å². The Labute approximate surface area is 122 Å². The highest BCUT2D eigenvalue weighted by molar-refractivity contribution is 6.48. The maximum Gasteiger partial charge on any atom is 0.272 e. The number of aromatic nitrogens is 5. The van der Waals surface area contributed by atoms with Gasteiger partial charge in [0.2, 0.25) is 0 Å². The van der Waals surface area contributed by atoms with Crippen molar-refractivity contribution < 1.29 is 4.79 Å². The van der Waals surface area contributed by atoms with Crippen LogP contribution >= 0.6 is 34.8 Å². The molecule has 2 rings (SSSR count). The van der Waals surface area contributed by atoms with E-state index in [0.717, 1.165) is 0 Å². The number of carbonyl (C=O) groups is 1. The smallest absolute Gasteiger partial charge is 0.272 e. The van der Waals surface area contributed by atoms with E-state index in [9.17, 15) is 4.79 Å². The molecule has 1 atom stereocenters. The minimum Gasteiger partial charge on any atom is -0.341 e. The van der Waals surface area contributed by atoms with Gasteiger partial charge >= 0.3 is 0 Å². The second-order valence-electron chi connectivity index (χ2n) is 3.55. The Bertz CT molecular complexity index is 602. The summed E-state index contributed by atoms with van der Waals surface area (Å²) in [4.78, 5) is 15.8. The highest BCUT2D eigenvalue weighted by atomic mass is 35.5. The molecule has 1 amide bonds. The van der Waals surface area contributed by atoms with Crippen LogP contribution in [0, 0.1) is 0 Å². The summed E-state index contributed by atoms with van der Waals surface area (Å²) in [6.07, 6.45) is 1.25. The Morgan fingerprint density at radius 3 is 2.74 bits per heavy atom. The third-order valence-electron chi connectivity index (χ3n) is 2.23. The van der Waals surface area contributed by atoms with Gasteiger partial charge in [0, 0.05) is 6.20 Å². The van der Waals surface area contributed by atoms with Gasteiger partial charge in [-0.05, 0) is 6.92 Å². The molecule has 2 N–H and O–H groups in total. The third-order valence-corrected chi connectivity index (χ3v) is 3.47. The van der Waals surface area contributed by atoms with E-state index < -0.39 is 11.9 Å². The Hall–Kier alpha value is -1.44. The number of H-pyrrole nitrogens is 1. The summed E-state index contributed by atoms with van der Waals surface area (Å²) in [7, 11) is 0. The number of nitrogens with one attached hydrogen (secondary N) is 2. The zero-order chi connectivity index (χ0) is 14.0. The first kappa shape index (κ1) is 14.0. The molecule has 0 saturated heterocycles. The molecule has 2 heterocycles. The summed E-state index contributed by atoms with van der Waals surface area (Å²) in [5, 5.41) is 16.1. The van der Waals surface area contributed by atoms with E-state index in [2.05, 4.69) is 30.9 Å². The van der Waals surface area contributed by atoms with Crippen molar-refractivity contribution in [3.05, 3.63) is 32.8 Å². The van der Waals surface area contributed by atoms with Gasteiger partial charge in [-0.3, -0.25) is 4.79 Å². The topological polar surface area (TPSA) is 96.5 Å². The average Bonchev–Trinajstić information content (AvgIpc) is 2.89. The molecule has 7 nitrogen and oxygen atoms in total. The van der Waals surface area contributed by atoms with Gasteiger partial charge in [-0.25, -0.2) is 4.98 Å². The molecule has 0 aliphatic heterocycles. The lowest BCUT2D eigenvalue weighted by Gasteiger charge is -2.11. The van der Waals surface area contributed by atoms with Crippen molar-refractivity contribution in [1.82, 2.24) is 30.9 Å². The number of aromatic amines is 1. The number of pyridine rings is 1. The molecule has 10 heteroatoms. The Morgan fingerprint density at radius 1 is 1.37 bits per heavy atom. The van der Waals surface area contributed by atoms with Gasteiger partial charge in [0.1, 0.15) is 5.69 Å². The van der Waals surface area contributed by atoms with Crippen LogP contribution < -0.4 is 5.32 Å². The van der Waals surface area contributed by atoms with Crippen LogP contribution in [0.15, 0.2) is 6.20 Å². The molecule has 19 heavy (non-hydrogen) atoms. The van der Waals surface area contributed by atoms with Crippen LogP contribution in [0.2, 0.25) is 15.1 Å². The second kappa shape index (κ2) is 5.68. The first-order chi connectivity index (χ1) is 9.00. The zero-order valence-electron chi connectivity index (χ0n) is 9.49. The van der Waals surface area contributed by atoms with Crippen molar-refractivity contribution in [2.75, 3.05) is 0 Å². The van der Waals surface area contributed by atoms with Gasteiger partial charge in [0.05, 0.1) is 21.1 Å². The number of halogens is 3. The number of rotatable bonds is 3. The van der Waals surface area contributed by atoms with Gasteiger partial charge in [-0.1, -0.05) is 40.0 Å². The number of amides is 1. The molecular weight excluding hydrogens is 314 g/mol. The minimum atomic E-state index is -0.513. The standard InChI is InChI=1S/C9H7Cl3N6O/c1-3(8-15-17-18-16-8)14-9(19)7-6(12)5(11)4(10)2-13-7/h2-3H,1H3,(H,14,19)(H,15,16,17,18). The fourth-order valence-electron chi connectivity index (χ4n) is 1.28. The van der Waals surface area contributed by atoms with Crippen LogP contribution in [0.1, 0.15) is 29.3 Å². The molecule has 0 aliphatic carbocycles. The van der Waals surface area contributed by atoms with Crippen LogP contribution in [0.25, 0.3) is 0 Å². The van der Waals surface area contributed by atoms with Gasteiger partial charge in [-0.15, -0.1) is 10.2 Å². The molecule has 2 aromatic rings. The lowest BCUT2D eigenvalue weighted by Crippen LogP contribution is -2.28. The van der Waals surface area contributed by atoms with Crippen molar-refractivity contribution in [3.63, 3.8) is 0 Å². The van der Waals surface area contributed by atoms with E-state index in [0.29, 0.717) is 5.82 Å². The second-order valence-corrected chi connectivity index (χ2v) is 4.71. The molecule has 0 aromatic carbocycles. The lowest BCUT2D eigenvalue weighted by molar-refractivity contribution is 0.0933. The fraction of sp³-hybridized carbons (Fsp3) is 0.222. The van der Waals surface area contributed by atoms with Gasteiger partial charge in [0.15, 0.2) is 5.82 Å². The highest BCUT2D eigenvalue weighted by Gasteiger charge is 2.20. The van der Waals surface area contributed by atoms with Crippen LogP contribution in [-0.2, 0) is 0 Å². The van der Waals surface area contributed by atoms with Crippen molar-refractivity contribution in [2.24, 2.45) is 0 Å². The highest BCUT2D eigenvalue weighted by Crippen LogP contribution is 2.31. The van der Waals surface area contributed by atoms with E-state index in [1.165, 1.54) is 6.20 Å². The Balaban J connectivity index is 2.19. The Morgan fingerprint density at radius 2 is 2.11 bits per heavy atom. The Kier molecular flexibility index (Phi) is 4.18. The summed E-state index contributed by atoms with van der Waals surface area (Å²) >= 11 is 17.5. The van der Waals surface area contributed by atoms with Gasteiger partial charge < -0.3 is 5.32 Å². The van der Waals surface area contributed by atoms with Crippen LogP contribution in [0.5, 0.6) is 0 Å². The molecule has 2 aromatic heterocycles. The monoisotopic (exact) mass is 320 g/mol. The maximum absolute atomic E-state index is 12.0. The third kappa shape index (κ3) is 2.94.